The Morgan fingerprint density at radius 3 is 2.86 bits per heavy atom. The monoisotopic (exact) mass is 324 g/mol. The van der Waals surface area contributed by atoms with Crippen LogP contribution in [-0.2, 0) is 12.8 Å². The highest BCUT2D eigenvalue weighted by Crippen LogP contribution is 2.26. The average Bonchev–Trinajstić information content (AvgIpc) is 2.99. The molecule has 0 radical (unpaired) electrons. The molecule has 1 fully saturated rings. The number of ether oxygens (including phenoxy) is 1. The molecule has 0 saturated carbocycles. The van der Waals surface area contributed by atoms with Gasteiger partial charge in [-0.1, -0.05) is 19.1 Å². The number of likely N-dealkylation sites (tertiary alicyclic amines) is 1. The Morgan fingerprint density at radius 2 is 2.09 bits per heavy atom. The normalized spacial score (nSPS) is 18.6. The summed E-state index contributed by atoms with van der Waals surface area (Å²) in [4.78, 5) is 2.63. The van der Waals surface area contributed by atoms with Crippen molar-refractivity contribution in [2.45, 2.75) is 32.6 Å². The van der Waals surface area contributed by atoms with E-state index in [2.05, 4.69) is 35.3 Å². The van der Waals surface area contributed by atoms with Crippen molar-refractivity contribution >= 4 is 12.4 Å². The molecule has 0 unspecified atom stereocenters. The summed E-state index contributed by atoms with van der Waals surface area (Å²) in [6, 6.07) is 6.74. The zero-order valence-corrected chi connectivity index (χ0v) is 14.5. The second-order valence-corrected chi connectivity index (χ2v) is 6.38. The Morgan fingerprint density at radius 1 is 1.27 bits per heavy atom. The zero-order valence-electron chi connectivity index (χ0n) is 13.6. The summed E-state index contributed by atoms with van der Waals surface area (Å²) in [5, 5.41) is 3.48. The van der Waals surface area contributed by atoms with Crippen molar-refractivity contribution in [3.63, 3.8) is 0 Å². The molecule has 1 aromatic rings. The van der Waals surface area contributed by atoms with Gasteiger partial charge in [0, 0.05) is 13.0 Å². The summed E-state index contributed by atoms with van der Waals surface area (Å²) in [5.74, 6) is 1.99. The number of hydrogen-bond donors (Lipinski definition) is 1. The minimum atomic E-state index is 0. The smallest absolute Gasteiger partial charge is 0.122 e. The summed E-state index contributed by atoms with van der Waals surface area (Å²) in [7, 11) is 0. The van der Waals surface area contributed by atoms with Gasteiger partial charge in [0.05, 0.1) is 6.61 Å². The molecule has 0 aromatic heterocycles. The Hall–Kier alpha value is -0.770. The molecular formula is C18H29ClN2O. The summed E-state index contributed by atoms with van der Waals surface area (Å²) < 4.78 is 5.58. The Balaban J connectivity index is 0.00000176. The number of halogens is 1. The highest BCUT2D eigenvalue weighted by molar-refractivity contribution is 5.85. The molecule has 2 aliphatic heterocycles. The molecule has 0 amide bonds. The van der Waals surface area contributed by atoms with E-state index >= 15 is 0 Å². The minimum Gasteiger partial charge on any atom is -0.493 e. The fourth-order valence-corrected chi connectivity index (χ4v) is 3.45. The fraction of sp³-hybridized carbons (Fsp3) is 0.667. The molecule has 4 heteroatoms. The fourth-order valence-electron chi connectivity index (χ4n) is 3.45. The molecular weight excluding hydrogens is 296 g/mol. The van der Waals surface area contributed by atoms with Gasteiger partial charge in [-0.15, -0.1) is 12.4 Å². The minimum absolute atomic E-state index is 0. The maximum Gasteiger partial charge on any atom is 0.122 e. The van der Waals surface area contributed by atoms with E-state index in [-0.39, 0.29) is 12.4 Å². The van der Waals surface area contributed by atoms with E-state index in [1.165, 1.54) is 56.6 Å². The van der Waals surface area contributed by atoms with Gasteiger partial charge in [-0.25, -0.2) is 0 Å². The van der Waals surface area contributed by atoms with Crippen LogP contribution in [0.3, 0.4) is 0 Å². The van der Waals surface area contributed by atoms with E-state index in [0.717, 1.165) is 31.2 Å². The van der Waals surface area contributed by atoms with E-state index in [1.807, 2.05) is 0 Å². The Bertz CT molecular complexity index is 458. The molecule has 2 heterocycles. The maximum absolute atomic E-state index is 5.58. The molecule has 124 valence electrons. The number of rotatable bonds is 6. The number of benzene rings is 1. The van der Waals surface area contributed by atoms with Crippen molar-refractivity contribution in [1.82, 2.24) is 10.2 Å². The van der Waals surface area contributed by atoms with Crippen LogP contribution in [0.1, 0.15) is 30.9 Å². The molecule has 0 aliphatic carbocycles. The number of nitrogens with one attached hydrogen (secondary N) is 1. The van der Waals surface area contributed by atoms with Gasteiger partial charge in [-0.2, -0.15) is 0 Å². The van der Waals surface area contributed by atoms with Crippen LogP contribution in [-0.4, -0.2) is 44.2 Å². The predicted molar refractivity (Wildman–Crippen MR) is 94.3 cm³/mol. The van der Waals surface area contributed by atoms with Gasteiger partial charge in [0.1, 0.15) is 5.75 Å². The van der Waals surface area contributed by atoms with Crippen LogP contribution < -0.4 is 10.1 Å². The van der Waals surface area contributed by atoms with Gasteiger partial charge in [0.25, 0.3) is 0 Å². The molecule has 2 aliphatic rings. The van der Waals surface area contributed by atoms with Crippen LogP contribution in [0.15, 0.2) is 18.2 Å². The van der Waals surface area contributed by atoms with E-state index in [9.17, 15) is 0 Å². The lowest BCUT2D eigenvalue weighted by atomic mass is 9.96. The Labute approximate surface area is 140 Å². The molecule has 1 aromatic carbocycles. The quantitative estimate of drug-likeness (QED) is 0.870. The van der Waals surface area contributed by atoms with Gasteiger partial charge in [-0.3, -0.25) is 0 Å². The average molecular weight is 325 g/mol. The van der Waals surface area contributed by atoms with Crippen molar-refractivity contribution in [2.24, 2.45) is 5.92 Å². The van der Waals surface area contributed by atoms with Crippen LogP contribution >= 0.6 is 12.4 Å². The molecule has 3 nitrogen and oxygen atoms in total. The first-order chi connectivity index (χ1) is 10.3. The largest absolute Gasteiger partial charge is 0.493 e. The lowest BCUT2D eigenvalue weighted by molar-refractivity contribution is 0.184. The van der Waals surface area contributed by atoms with Gasteiger partial charge in [-0.05, 0) is 68.6 Å². The second-order valence-electron chi connectivity index (χ2n) is 6.38. The topological polar surface area (TPSA) is 24.5 Å². The van der Waals surface area contributed by atoms with E-state index in [4.69, 9.17) is 4.74 Å². The predicted octanol–water partition coefficient (Wildman–Crippen LogP) is 2.91. The first kappa shape index (κ1) is 17.6. The lowest BCUT2D eigenvalue weighted by Crippen LogP contribution is -2.38. The van der Waals surface area contributed by atoms with Crippen LogP contribution in [0.25, 0.3) is 0 Å². The molecule has 22 heavy (non-hydrogen) atoms. The molecule has 0 spiro atoms. The highest BCUT2D eigenvalue weighted by atomic mass is 35.5. The molecule has 3 rings (SSSR count). The number of hydrogen-bond acceptors (Lipinski definition) is 3. The summed E-state index contributed by atoms with van der Waals surface area (Å²) in [6.45, 7) is 9.09. The van der Waals surface area contributed by atoms with Crippen molar-refractivity contribution in [3.05, 3.63) is 29.3 Å². The summed E-state index contributed by atoms with van der Waals surface area (Å²) in [6.07, 6.45) is 4.96. The van der Waals surface area contributed by atoms with Gasteiger partial charge < -0.3 is 15.0 Å². The third kappa shape index (κ3) is 4.61. The van der Waals surface area contributed by atoms with Crippen molar-refractivity contribution in [1.29, 1.82) is 0 Å². The number of nitrogens with zero attached hydrogens (tertiary/aromatic N) is 1. The van der Waals surface area contributed by atoms with Crippen molar-refractivity contribution in [2.75, 3.05) is 39.3 Å². The van der Waals surface area contributed by atoms with Gasteiger partial charge in [0.2, 0.25) is 0 Å². The van der Waals surface area contributed by atoms with E-state index in [0.29, 0.717) is 0 Å². The highest BCUT2D eigenvalue weighted by Gasteiger charge is 2.18. The third-order valence-corrected chi connectivity index (χ3v) is 4.86. The molecule has 0 atom stereocenters. The van der Waals surface area contributed by atoms with Crippen molar-refractivity contribution in [3.8, 4) is 5.75 Å². The SMILES string of the molecule is CCNCC1CCN(CCc2ccc3c(c2)CCO3)CC1.Cl. The first-order valence-electron chi connectivity index (χ1n) is 8.53. The molecule has 1 N–H and O–H groups in total. The van der Waals surface area contributed by atoms with Gasteiger partial charge in [0.15, 0.2) is 0 Å². The molecule has 0 bridgehead atoms. The van der Waals surface area contributed by atoms with Crippen LogP contribution in [0.2, 0.25) is 0 Å². The van der Waals surface area contributed by atoms with Crippen LogP contribution in [0, 0.1) is 5.92 Å². The summed E-state index contributed by atoms with van der Waals surface area (Å²) >= 11 is 0. The van der Waals surface area contributed by atoms with E-state index < -0.39 is 0 Å². The van der Waals surface area contributed by atoms with Gasteiger partial charge >= 0.3 is 0 Å². The number of piperidine rings is 1. The first-order valence-corrected chi connectivity index (χ1v) is 8.53. The van der Waals surface area contributed by atoms with Crippen LogP contribution in [0.5, 0.6) is 5.75 Å². The zero-order chi connectivity index (χ0) is 14.5. The standard InChI is InChI=1S/C18H28N2O.ClH/c1-2-19-14-16-6-10-20(11-7-16)9-5-15-3-4-18-17(13-15)8-12-21-18;/h3-4,13,16,19H,2,5-12,14H2,1H3;1H. The number of fused-ring (bicyclic) bond motifs is 1. The van der Waals surface area contributed by atoms with Crippen molar-refractivity contribution < 1.29 is 4.74 Å². The summed E-state index contributed by atoms with van der Waals surface area (Å²) in [5.41, 5.74) is 2.87. The Kier molecular flexibility index (Phi) is 7.00. The van der Waals surface area contributed by atoms with Crippen LogP contribution in [0.4, 0.5) is 0 Å². The third-order valence-electron chi connectivity index (χ3n) is 4.86. The molecule has 1 saturated heterocycles. The van der Waals surface area contributed by atoms with E-state index in [1.54, 1.807) is 0 Å². The lowest BCUT2D eigenvalue weighted by Gasteiger charge is -2.32. The maximum atomic E-state index is 5.58. The second kappa shape index (κ2) is 8.76.